The number of carboxylic acids is 1. The van der Waals surface area contributed by atoms with E-state index in [1.165, 1.54) is 11.8 Å². The quantitative estimate of drug-likeness (QED) is 0.729. The average Bonchev–Trinajstić information content (AvgIpc) is 2.97. The second kappa shape index (κ2) is 6.80. The van der Waals surface area contributed by atoms with Crippen molar-refractivity contribution in [1.29, 1.82) is 0 Å². The summed E-state index contributed by atoms with van der Waals surface area (Å²) in [4.78, 5) is 28.3. The summed E-state index contributed by atoms with van der Waals surface area (Å²) >= 11 is 1.27. The molecule has 1 aromatic carbocycles. The molecule has 9 heteroatoms. The van der Waals surface area contributed by atoms with Gasteiger partial charge in [0.25, 0.3) is 0 Å². The number of carbonyl (C=O) groups is 2. The van der Waals surface area contributed by atoms with Crippen molar-refractivity contribution < 1.29 is 23.1 Å². The molecule has 0 bridgehead atoms. The van der Waals surface area contributed by atoms with Crippen molar-refractivity contribution in [2.45, 2.75) is 31.1 Å². The number of anilines is 1. The second-order valence-electron chi connectivity index (χ2n) is 6.17. The van der Waals surface area contributed by atoms with Crippen LogP contribution in [-0.4, -0.2) is 48.3 Å². The Bertz CT molecular complexity index is 833. The number of amidine groups is 1. The molecule has 1 amide bonds. The third-order valence-corrected chi connectivity index (χ3v) is 7.35. The predicted molar refractivity (Wildman–Crippen MR) is 94.2 cm³/mol. The first-order chi connectivity index (χ1) is 11.7. The van der Waals surface area contributed by atoms with Gasteiger partial charge in [-0.2, -0.15) is 4.99 Å². The van der Waals surface area contributed by atoms with Crippen molar-refractivity contribution in [3.05, 3.63) is 29.8 Å². The van der Waals surface area contributed by atoms with E-state index in [-0.39, 0.29) is 35.6 Å². The second-order valence-corrected chi connectivity index (χ2v) is 9.53. The summed E-state index contributed by atoms with van der Waals surface area (Å²) in [6.07, 6.45) is -0.617. The standard InChI is InChI=1S/C16H18N2O5S2/c1-10-2-4-11(5-3-10)18-12-8-25(22,23)9-13(12)24-16(18)17-14(19)6-7-15(20)21/h2-5,12-13H,6-9H2,1H3,(H,20,21)/p-1/t12-,13-/m1/s1. The molecule has 7 nitrogen and oxygen atoms in total. The third-order valence-electron chi connectivity index (χ3n) is 4.14. The molecule has 3 rings (SSSR count). The minimum atomic E-state index is -3.12. The molecule has 2 aliphatic rings. The summed E-state index contributed by atoms with van der Waals surface area (Å²) < 4.78 is 23.9. The van der Waals surface area contributed by atoms with Crippen LogP contribution in [0, 0.1) is 6.92 Å². The lowest BCUT2D eigenvalue weighted by Gasteiger charge is -2.24. The van der Waals surface area contributed by atoms with Gasteiger partial charge in [0.2, 0.25) is 5.91 Å². The number of fused-ring (bicyclic) bond motifs is 1. The van der Waals surface area contributed by atoms with E-state index >= 15 is 0 Å². The lowest BCUT2D eigenvalue weighted by molar-refractivity contribution is -0.305. The molecular formula is C16H17N2O5S2-. The van der Waals surface area contributed by atoms with Gasteiger partial charge in [0.05, 0.1) is 17.5 Å². The Morgan fingerprint density at radius 3 is 2.56 bits per heavy atom. The highest BCUT2D eigenvalue weighted by Crippen LogP contribution is 2.41. The first kappa shape index (κ1) is 17.9. The molecule has 0 aliphatic carbocycles. The number of aryl methyl sites for hydroxylation is 1. The highest BCUT2D eigenvalue weighted by atomic mass is 32.2. The number of sulfone groups is 1. The van der Waals surface area contributed by atoms with E-state index < -0.39 is 21.7 Å². The fraction of sp³-hybridized carbons (Fsp3) is 0.438. The van der Waals surface area contributed by atoms with Crippen molar-refractivity contribution >= 4 is 44.3 Å². The number of carbonyl (C=O) groups excluding carboxylic acids is 2. The fourth-order valence-corrected chi connectivity index (χ4v) is 6.87. The van der Waals surface area contributed by atoms with E-state index in [4.69, 9.17) is 0 Å². The first-order valence-electron chi connectivity index (χ1n) is 7.79. The molecule has 134 valence electrons. The SMILES string of the molecule is Cc1ccc(N2C(=NC(=O)CCC(=O)[O-])S[C@@H]3CS(=O)(=O)C[C@H]32)cc1. The molecule has 25 heavy (non-hydrogen) atoms. The number of thioether (sulfide) groups is 1. The Balaban J connectivity index is 1.90. The van der Waals surface area contributed by atoms with Crippen LogP contribution in [0.3, 0.4) is 0 Å². The largest absolute Gasteiger partial charge is 0.550 e. The summed E-state index contributed by atoms with van der Waals surface area (Å²) in [5.74, 6) is -1.78. The van der Waals surface area contributed by atoms with Gasteiger partial charge < -0.3 is 14.8 Å². The van der Waals surface area contributed by atoms with Gasteiger partial charge in [-0.3, -0.25) is 4.79 Å². The topological polar surface area (TPSA) is 107 Å². The molecule has 2 heterocycles. The number of aliphatic imine (C=N–C) groups is 1. The van der Waals surface area contributed by atoms with Crippen molar-refractivity contribution in [3.63, 3.8) is 0 Å². The van der Waals surface area contributed by atoms with E-state index in [2.05, 4.69) is 4.99 Å². The van der Waals surface area contributed by atoms with Crippen LogP contribution in [0.1, 0.15) is 18.4 Å². The Labute approximate surface area is 150 Å². The predicted octanol–water partition coefficient (Wildman–Crippen LogP) is 0.127. The number of nitrogens with zero attached hydrogens (tertiary/aromatic N) is 2. The minimum Gasteiger partial charge on any atom is -0.550 e. The molecule has 2 fully saturated rings. The fourth-order valence-electron chi connectivity index (χ4n) is 2.94. The van der Waals surface area contributed by atoms with Crippen LogP contribution in [-0.2, 0) is 19.4 Å². The smallest absolute Gasteiger partial charge is 0.248 e. The molecule has 0 unspecified atom stereocenters. The Kier molecular flexibility index (Phi) is 4.88. The summed E-state index contributed by atoms with van der Waals surface area (Å²) in [5, 5.41) is 10.7. The summed E-state index contributed by atoms with van der Waals surface area (Å²) in [7, 11) is -3.12. The van der Waals surface area contributed by atoms with Gasteiger partial charge in [0.1, 0.15) is 0 Å². The molecule has 0 radical (unpaired) electrons. The van der Waals surface area contributed by atoms with Crippen LogP contribution in [0.5, 0.6) is 0 Å². The van der Waals surface area contributed by atoms with Gasteiger partial charge in [-0.25, -0.2) is 8.42 Å². The van der Waals surface area contributed by atoms with E-state index in [1.54, 1.807) is 4.90 Å². The zero-order valence-corrected chi connectivity index (χ0v) is 15.2. The Hall–Kier alpha value is -1.87. The zero-order valence-electron chi connectivity index (χ0n) is 13.5. The van der Waals surface area contributed by atoms with Crippen LogP contribution >= 0.6 is 11.8 Å². The highest BCUT2D eigenvalue weighted by Gasteiger charge is 2.49. The van der Waals surface area contributed by atoms with E-state index in [9.17, 15) is 23.1 Å². The van der Waals surface area contributed by atoms with E-state index in [1.807, 2.05) is 31.2 Å². The number of benzene rings is 1. The van der Waals surface area contributed by atoms with Gasteiger partial charge >= 0.3 is 0 Å². The molecule has 2 atom stereocenters. The molecule has 2 saturated heterocycles. The maximum Gasteiger partial charge on any atom is 0.248 e. The lowest BCUT2D eigenvalue weighted by Crippen LogP contribution is -2.37. The number of aliphatic carboxylic acids is 1. The summed E-state index contributed by atoms with van der Waals surface area (Å²) in [6, 6.07) is 7.28. The zero-order chi connectivity index (χ0) is 18.2. The van der Waals surface area contributed by atoms with Crippen molar-refractivity contribution in [1.82, 2.24) is 0 Å². The molecule has 1 aromatic rings. The Morgan fingerprint density at radius 2 is 1.92 bits per heavy atom. The van der Waals surface area contributed by atoms with Crippen LogP contribution in [0.4, 0.5) is 5.69 Å². The molecule has 0 saturated carbocycles. The van der Waals surface area contributed by atoms with Crippen molar-refractivity contribution in [2.75, 3.05) is 16.4 Å². The maximum atomic E-state index is 12.0. The van der Waals surface area contributed by atoms with Crippen LogP contribution in [0.2, 0.25) is 0 Å². The average molecular weight is 381 g/mol. The minimum absolute atomic E-state index is 0.0187. The number of hydrogen-bond donors (Lipinski definition) is 0. The lowest BCUT2D eigenvalue weighted by atomic mass is 10.1. The first-order valence-corrected chi connectivity index (χ1v) is 10.5. The van der Waals surface area contributed by atoms with Gasteiger partial charge in [-0.1, -0.05) is 29.5 Å². The van der Waals surface area contributed by atoms with Crippen LogP contribution < -0.4 is 10.0 Å². The third kappa shape index (κ3) is 4.04. The maximum absolute atomic E-state index is 12.0. The van der Waals surface area contributed by atoms with Gasteiger partial charge in [0, 0.05) is 23.3 Å². The molecule has 0 aromatic heterocycles. The number of rotatable bonds is 4. The molecule has 0 N–H and O–H groups in total. The van der Waals surface area contributed by atoms with Gasteiger partial charge in [-0.05, 0) is 25.5 Å². The summed E-state index contributed by atoms with van der Waals surface area (Å²) in [6.45, 7) is 1.95. The number of amides is 1. The highest BCUT2D eigenvalue weighted by molar-refractivity contribution is 8.16. The van der Waals surface area contributed by atoms with E-state index in [0.717, 1.165) is 11.3 Å². The van der Waals surface area contributed by atoms with Gasteiger partial charge in [0.15, 0.2) is 15.0 Å². The van der Waals surface area contributed by atoms with E-state index in [0.29, 0.717) is 5.17 Å². The Morgan fingerprint density at radius 1 is 1.24 bits per heavy atom. The monoisotopic (exact) mass is 381 g/mol. The van der Waals surface area contributed by atoms with Crippen molar-refractivity contribution in [3.8, 4) is 0 Å². The van der Waals surface area contributed by atoms with Gasteiger partial charge in [-0.15, -0.1) is 0 Å². The summed E-state index contributed by atoms with van der Waals surface area (Å²) in [5.41, 5.74) is 1.84. The van der Waals surface area contributed by atoms with Crippen molar-refractivity contribution in [2.24, 2.45) is 4.99 Å². The molecular weight excluding hydrogens is 364 g/mol. The molecule has 0 spiro atoms. The molecule has 2 aliphatic heterocycles. The van der Waals surface area contributed by atoms with Crippen LogP contribution in [0.25, 0.3) is 0 Å². The number of hydrogen-bond acceptors (Lipinski definition) is 6. The van der Waals surface area contributed by atoms with Crippen LogP contribution in [0.15, 0.2) is 29.3 Å². The number of carboxylic acid groups (broad SMARTS) is 1. The normalized spacial score (nSPS) is 26.0.